The SMILES string of the molecule is C=CCN1C(=O)c2ccc(C(=O)O[C@H](C)C(=O)N(CC)c3ccccc3)cc2C1=O. The average Bonchev–Trinajstić information content (AvgIpc) is 2.99. The number of carbonyl (C=O) groups is 4. The van der Waals surface area contributed by atoms with Gasteiger partial charge in [-0.2, -0.15) is 0 Å². The predicted molar refractivity (Wildman–Crippen MR) is 111 cm³/mol. The molecule has 0 bridgehead atoms. The molecule has 1 aliphatic heterocycles. The molecule has 0 saturated heterocycles. The Morgan fingerprint density at radius 1 is 1.10 bits per heavy atom. The largest absolute Gasteiger partial charge is 0.449 e. The third-order valence-corrected chi connectivity index (χ3v) is 4.80. The van der Waals surface area contributed by atoms with Gasteiger partial charge in [-0.05, 0) is 44.2 Å². The zero-order chi connectivity index (χ0) is 21.8. The van der Waals surface area contributed by atoms with Gasteiger partial charge < -0.3 is 9.64 Å². The molecule has 3 amide bonds. The van der Waals surface area contributed by atoms with Gasteiger partial charge in [0.05, 0.1) is 16.7 Å². The molecule has 0 aliphatic carbocycles. The second-order valence-corrected chi connectivity index (χ2v) is 6.74. The van der Waals surface area contributed by atoms with E-state index in [2.05, 4.69) is 6.58 Å². The number of amides is 3. The third-order valence-electron chi connectivity index (χ3n) is 4.80. The molecule has 0 unspecified atom stereocenters. The molecule has 0 spiro atoms. The Hall–Kier alpha value is -3.74. The molecule has 30 heavy (non-hydrogen) atoms. The Balaban J connectivity index is 1.75. The van der Waals surface area contributed by atoms with Crippen LogP contribution in [0.4, 0.5) is 5.69 Å². The number of esters is 1. The third kappa shape index (κ3) is 3.87. The number of imide groups is 1. The van der Waals surface area contributed by atoms with Crippen molar-refractivity contribution in [3.05, 3.63) is 77.9 Å². The maximum Gasteiger partial charge on any atom is 0.338 e. The quantitative estimate of drug-likeness (QED) is 0.401. The number of para-hydroxylation sites is 1. The molecule has 2 aromatic rings. The zero-order valence-electron chi connectivity index (χ0n) is 16.8. The minimum atomic E-state index is -1.03. The summed E-state index contributed by atoms with van der Waals surface area (Å²) in [5.41, 5.74) is 1.16. The van der Waals surface area contributed by atoms with Gasteiger partial charge in [-0.3, -0.25) is 19.3 Å². The Morgan fingerprint density at radius 2 is 1.77 bits per heavy atom. The van der Waals surface area contributed by atoms with E-state index < -0.39 is 23.9 Å². The first-order valence-electron chi connectivity index (χ1n) is 9.57. The fraction of sp³-hybridized carbons (Fsp3) is 0.217. The van der Waals surface area contributed by atoms with E-state index in [0.717, 1.165) is 4.90 Å². The van der Waals surface area contributed by atoms with E-state index in [0.29, 0.717) is 12.2 Å². The van der Waals surface area contributed by atoms with E-state index in [4.69, 9.17) is 4.74 Å². The van der Waals surface area contributed by atoms with Crippen LogP contribution in [-0.4, -0.2) is 47.8 Å². The summed E-state index contributed by atoms with van der Waals surface area (Å²) in [6, 6.07) is 13.2. The van der Waals surface area contributed by atoms with Crippen molar-refractivity contribution in [2.45, 2.75) is 20.0 Å². The van der Waals surface area contributed by atoms with Crippen LogP contribution in [0.5, 0.6) is 0 Å². The Bertz CT molecular complexity index is 1020. The van der Waals surface area contributed by atoms with Gasteiger partial charge >= 0.3 is 5.97 Å². The van der Waals surface area contributed by atoms with Gasteiger partial charge in [0.1, 0.15) is 0 Å². The minimum absolute atomic E-state index is 0.0873. The fourth-order valence-electron chi connectivity index (χ4n) is 3.28. The number of hydrogen-bond donors (Lipinski definition) is 0. The molecule has 0 N–H and O–H groups in total. The average molecular weight is 406 g/mol. The van der Waals surface area contributed by atoms with Gasteiger partial charge in [-0.1, -0.05) is 24.3 Å². The first-order valence-corrected chi connectivity index (χ1v) is 9.57. The van der Waals surface area contributed by atoms with Gasteiger partial charge in [-0.15, -0.1) is 6.58 Å². The second-order valence-electron chi connectivity index (χ2n) is 6.74. The molecule has 154 valence electrons. The van der Waals surface area contributed by atoms with Crippen LogP contribution >= 0.6 is 0 Å². The highest BCUT2D eigenvalue weighted by Gasteiger charge is 2.35. The van der Waals surface area contributed by atoms with Gasteiger partial charge in [-0.25, -0.2) is 4.79 Å². The van der Waals surface area contributed by atoms with E-state index in [1.54, 1.807) is 12.1 Å². The van der Waals surface area contributed by atoms with Crippen molar-refractivity contribution in [3.8, 4) is 0 Å². The highest BCUT2D eigenvalue weighted by Crippen LogP contribution is 2.24. The highest BCUT2D eigenvalue weighted by molar-refractivity contribution is 6.22. The van der Waals surface area contributed by atoms with Crippen LogP contribution in [0.1, 0.15) is 44.9 Å². The van der Waals surface area contributed by atoms with Crippen molar-refractivity contribution < 1.29 is 23.9 Å². The van der Waals surface area contributed by atoms with Crippen LogP contribution < -0.4 is 4.90 Å². The van der Waals surface area contributed by atoms with E-state index in [1.165, 1.54) is 36.1 Å². The summed E-state index contributed by atoms with van der Waals surface area (Å²) >= 11 is 0. The lowest BCUT2D eigenvalue weighted by atomic mass is 10.1. The monoisotopic (exact) mass is 406 g/mol. The summed E-state index contributed by atoms with van der Waals surface area (Å²) < 4.78 is 5.34. The van der Waals surface area contributed by atoms with Crippen LogP contribution in [0.3, 0.4) is 0 Å². The van der Waals surface area contributed by atoms with E-state index in [-0.39, 0.29) is 29.1 Å². The number of nitrogens with zero attached hydrogens (tertiary/aromatic N) is 2. The first kappa shape index (κ1) is 21.0. The molecular weight excluding hydrogens is 384 g/mol. The molecule has 7 heteroatoms. The first-order chi connectivity index (χ1) is 14.4. The molecular formula is C23H22N2O5. The number of likely N-dealkylation sites (N-methyl/N-ethyl adjacent to an activating group) is 1. The second kappa shape index (κ2) is 8.73. The van der Waals surface area contributed by atoms with Crippen molar-refractivity contribution in [1.29, 1.82) is 0 Å². The number of anilines is 1. The molecule has 0 aromatic heterocycles. The zero-order valence-corrected chi connectivity index (χ0v) is 16.8. The summed E-state index contributed by atoms with van der Waals surface area (Å²) in [4.78, 5) is 52.6. The number of benzene rings is 2. The lowest BCUT2D eigenvalue weighted by Crippen LogP contribution is -2.40. The summed E-state index contributed by atoms with van der Waals surface area (Å²) in [7, 11) is 0. The molecule has 3 rings (SSSR count). The number of fused-ring (bicyclic) bond motifs is 1. The smallest absolute Gasteiger partial charge is 0.338 e. The van der Waals surface area contributed by atoms with E-state index in [9.17, 15) is 19.2 Å². The summed E-state index contributed by atoms with van der Waals surface area (Å²) in [5, 5.41) is 0. The fourth-order valence-corrected chi connectivity index (χ4v) is 3.28. The molecule has 1 aliphatic rings. The van der Waals surface area contributed by atoms with E-state index >= 15 is 0 Å². The highest BCUT2D eigenvalue weighted by atomic mass is 16.5. The molecule has 2 aromatic carbocycles. The lowest BCUT2D eigenvalue weighted by Gasteiger charge is -2.24. The van der Waals surface area contributed by atoms with Gasteiger partial charge in [0, 0.05) is 18.8 Å². The minimum Gasteiger partial charge on any atom is -0.449 e. The number of rotatable bonds is 7. The maximum atomic E-state index is 12.8. The summed E-state index contributed by atoms with van der Waals surface area (Å²) in [6.45, 7) is 7.37. The summed E-state index contributed by atoms with van der Waals surface area (Å²) in [6.07, 6.45) is 0.427. The Kier molecular flexibility index (Phi) is 6.11. The van der Waals surface area contributed by atoms with E-state index in [1.807, 2.05) is 25.1 Å². The topological polar surface area (TPSA) is 84.0 Å². The van der Waals surface area contributed by atoms with Crippen LogP contribution in [0.15, 0.2) is 61.2 Å². The number of hydrogen-bond acceptors (Lipinski definition) is 5. The number of ether oxygens (including phenoxy) is 1. The van der Waals surface area contributed by atoms with Crippen LogP contribution in [-0.2, 0) is 9.53 Å². The van der Waals surface area contributed by atoms with Crippen LogP contribution in [0.25, 0.3) is 0 Å². The number of carbonyl (C=O) groups excluding carboxylic acids is 4. The molecule has 0 fully saturated rings. The normalized spacial score (nSPS) is 13.6. The Labute approximate surface area is 174 Å². The molecule has 0 radical (unpaired) electrons. The molecule has 0 saturated carbocycles. The summed E-state index contributed by atoms with van der Waals surface area (Å²) in [5.74, 6) is -2.03. The maximum absolute atomic E-state index is 12.8. The van der Waals surface area contributed by atoms with Crippen LogP contribution in [0.2, 0.25) is 0 Å². The molecule has 1 atom stereocenters. The van der Waals surface area contributed by atoms with Crippen molar-refractivity contribution in [2.75, 3.05) is 18.0 Å². The molecule has 1 heterocycles. The lowest BCUT2D eigenvalue weighted by molar-refractivity contribution is -0.126. The van der Waals surface area contributed by atoms with Crippen molar-refractivity contribution >= 4 is 29.4 Å². The molecule has 7 nitrogen and oxygen atoms in total. The van der Waals surface area contributed by atoms with Crippen molar-refractivity contribution in [2.24, 2.45) is 0 Å². The van der Waals surface area contributed by atoms with Gasteiger partial charge in [0.2, 0.25) is 0 Å². The van der Waals surface area contributed by atoms with Crippen molar-refractivity contribution in [3.63, 3.8) is 0 Å². The Morgan fingerprint density at radius 3 is 2.40 bits per heavy atom. The van der Waals surface area contributed by atoms with Crippen molar-refractivity contribution in [1.82, 2.24) is 4.90 Å². The van der Waals surface area contributed by atoms with Gasteiger partial charge in [0.25, 0.3) is 17.7 Å². The van der Waals surface area contributed by atoms with Crippen LogP contribution in [0, 0.1) is 0 Å². The van der Waals surface area contributed by atoms with Gasteiger partial charge in [0.15, 0.2) is 6.10 Å². The standard InChI is InChI=1S/C23H22N2O5/c1-4-13-25-21(27)18-12-11-16(14-19(18)22(25)28)23(29)30-15(3)20(26)24(5-2)17-9-7-6-8-10-17/h4,6-12,14-15H,1,5,13H2,2-3H3/t15-/m1/s1. The predicted octanol–water partition coefficient (Wildman–Crippen LogP) is 3.07.